The molecule has 0 heterocycles. The van der Waals surface area contributed by atoms with Gasteiger partial charge in [0.15, 0.2) is 12.2 Å². The lowest BCUT2D eigenvalue weighted by atomic mass is 9.99. The Morgan fingerprint density at radius 3 is 0.747 bits per heavy atom. The van der Waals surface area contributed by atoms with Crippen molar-refractivity contribution in [3.05, 3.63) is 0 Å². The quantitative estimate of drug-likeness (QED) is 0.0222. The second-order valence-electron chi connectivity index (χ2n) is 29.1. The second-order valence-corrected chi connectivity index (χ2v) is 32.0. The van der Waals surface area contributed by atoms with E-state index in [2.05, 4.69) is 55.4 Å². The van der Waals surface area contributed by atoms with Gasteiger partial charge in [-0.3, -0.25) is 37.3 Å². The molecule has 0 aliphatic carbocycles. The highest BCUT2D eigenvalue weighted by Gasteiger charge is 2.30. The summed E-state index contributed by atoms with van der Waals surface area (Å²) < 4.78 is 68.5. The van der Waals surface area contributed by atoms with Gasteiger partial charge in [-0.15, -0.1) is 0 Å². The van der Waals surface area contributed by atoms with E-state index in [1.54, 1.807) is 0 Å². The molecule has 0 saturated heterocycles. The lowest BCUT2D eigenvalue weighted by Gasteiger charge is -2.21. The molecule has 0 spiro atoms. The predicted octanol–water partition coefficient (Wildman–Crippen LogP) is 22.0. The molecule has 0 aliphatic rings. The Kier molecular flexibility index (Phi) is 64.0. The van der Waals surface area contributed by atoms with Crippen molar-refractivity contribution in [2.24, 2.45) is 23.7 Å². The molecule has 4 unspecified atom stereocenters. The van der Waals surface area contributed by atoms with Crippen molar-refractivity contribution in [1.82, 2.24) is 0 Å². The fraction of sp³-hybridized carbons (Fsp3) is 0.947. The van der Waals surface area contributed by atoms with Crippen LogP contribution < -0.4 is 0 Å². The summed E-state index contributed by atoms with van der Waals surface area (Å²) in [6.45, 7) is 14.2. The van der Waals surface area contributed by atoms with Crippen molar-refractivity contribution in [2.75, 3.05) is 39.6 Å². The van der Waals surface area contributed by atoms with Gasteiger partial charge in [0.1, 0.15) is 19.3 Å². The average Bonchev–Trinajstić information content (AvgIpc) is 3.38. The smallest absolute Gasteiger partial charge is 0.462 e. The van der Waals surface area contributed by atoms with Gasteiger partial charge in [0, 0.05) is 25.7 Å². The van der Waals surface area contributed by atoms with Gasteiger partial charge in [0.05, 0.1) is 26.4 Å². The van der Waals surface area contributed by atoms with Gasteiger partial charge >= 0.3 is 39.5 Å². The maximum atomic E-state index is 13.1. The molecule has 0 aromatic carbocycles. The van der Waals surface area contributed by atoms with Crippen molar-refractivity contribution >= 4 is 39.5 Å². The van der Waals surface area contributed by atoms with Crippen LogP contribution in [0.25, 0.3) is 0 Å². The molecular formula is C76H148O17P2. The van der Waals surface area contributed by atoms with E-state index in [0.29, 0.717) is 31.6 Å². The van der Waals surface area contributed by atoms with Crippen LogP contribution in [0.3, 0.4) is 0 Å². The van der Waals surface area contributed by atoms with Crippen LogP contribution >= 0.6 is 15.6 Å². The minimum Gasteiger partial charge on any atom is -0.462 e. The summed E-state index contributed by atoms with van der Waals surface area (Å²) in [5.41, 5.74) is 0. The Morgan fingerprint density at radius 1 is 0.295 bits per heavy atom. The molecule has 0 amide bonds. The first-order valence-electron chi connectivity index (χ1n) is 39.2. The van der Waals surface area contributed by atoms with Crippen LogP contribution in [0.5, 0.6) is 0 Å². The van der Waals surface area contributed by atoms with E-state index in [9.17, 15) is 43.2 Å². The third kappa shape index (κ3) is 69.0. The number of unbranched alkanes of at least 4 members (excludes halogenated alkanes) is 38. The van der Waals surface area contributed by atoms with E-state index in [1.165, 1.54) is 180 Å². The van der Waals surface area contributed by atoms with Crippen molar-refractivity contribution < 1.29 is 80.2 Å². The Labute approximate surface area is 581 Å². The lowest BCUT2D eigenvalue weighted by molar-refractivity contribution is -0.161. The van der Waals surface area contributed by atoms with Crippen molar-refractivity contribution in [1.29, 1.82) is 0 Å². The van der Waals surface area contributed by atoms with E-state index in [4.69, 9.17) is 37.0 Å². The number of phosphoric ester groups is 2. The second kappa shape index (κ2) is 65.4. The topological polar surface area (TPSA) is 237 Å². The van der Waals surface area contributed by atoms with Crippen LogP contribution in [0.2, 0.25) is 0 Å². The Morgan fingerprint density at radius 2 is 0.505 bits per heavy atom. The number of ether oxygens (including phenoxy) is 4. The van der Waals surface area contributed by atoms with Crippen molar-refractivity contribution in [2.45, 2.75) is 401 Å². The van der Waals surface area contributed by atoms with Gasteiger partial charge in [-0.05, 0) is 49.4 Å². The van der Waals surface area contributed by atoms with Crippen LogP contribution in [-0.4, -0.2) is 96.7 Å². The molecule has 0 aromatic heterocycles. The number of hydrogen-bond acceptors (Lipinski definition) is 15. The number of phosphoric acid groups is 2. The molecule has 0 aromatic rings. The molecule has 0 bridgehead atoms. The monoisotopic (exact) mass is 1400 g/mol. The highest BCUT2D eigenvalue weighted by Crippen LogP contribution is 2.45. The third-order valence-corrected chi connectivity index (χ3v) is 19.8. The summed E-state index contributed by atoms with van der Waals surface area (Å²) in [5, 5.41) is 10.6. The minimum atomic E-state index is -4.96. The van der Waals surface area contributed by atoms with Gasteiger partial charge < -0.3 is 33.8 Å². The van der Waals surface area contributed by atoms with Gasteiger partial charge in [0.25, 0.3) is 0 Å². The molecule has 0 aliphatic heterocycles. The molecule has 95 heavy (non-hydrogen) atoms. The molecule has 564 valence electrons. The maximum absolute atomic E-state index is 13.1. The number of aliphatic hydroxyl groups is 1. The average molecular weight is 1400 g/mol. The molecule has 0 radical (unpaired) electrons. The summed E-state index contributed by atoms with van der Waals surface area (Å²) in [7, 11) is -9.91. The molecule has 19 heteroatoms. The molecule has 0 saturated carbocycles. The van der Waals surface area contributed by atoms with Crippen LogP contribution in [0.4, 0.5) is 0 Å². The first kappa shape index (κ1) is 93.1. The molecule has 3 N–H and O–H groups in total. The lowest BCUT2D eigenvalue weighted by Crippen LogP contribution is -2.30. The fourth-order valence-corrected chi connectivity index (χ4v) is 13.1. The van der Waals surface area contributed by atoms with E-state index in [-0.39, 0.29) is 25.7 Å². The largest absolute Gasteiger partial charge is 0.472 e. The number of hydrogen-bond donors (Lipinski definition) is 3. The molecular weight excluding hydrogens is 1250 g/mol. The van der Waals surface area contributed by atoms with E-state index >= 15 is 0 Å². The van der Waals surface area contributed by atoms with Crippen LogP contribution in [0, 0.1) is 23.7 Å². The van der Waals surface area contributed by atoms with Crippen LogP contribution in [-0.2, 0) is 65.4 Å². The Hall–Kier alpha value is -1.94. The minimum absolute atomic E-state index is 0.106. The molecule has 0 rings (SSSR count). The first-order chi connectivity index (χ1) is 45.6. The van der Waals surface area contributed by atoms with E-state index in [0.717, 1.165) is 114 Å². The van der Waals surface area contributed by atoms with Gasteiger partial charge in [-0.1, -0.05) is 331 Å². The van der Waals surface area contributed by atoms with Gasteiger partial charge in [-0.25, -0.2) is 9.13 Å². The zero-order chi connectivity index (χ0) is 70.3. The first-order valence-corrected chi connectivity index (χ1v) is 42.2. The zero-order valence-corrected chi connectivity index (χ0v) is 64.1. The fourth-order valence-electron chi connectivity index (χ4n) is 11.5. The number of carbonyl (C=O) groups is 4. The highest BCUT2D eigenvalue weighted by molar-refractivity contribution is 7.47. The number of rotatable bonds is 73. The van der Waals surface area contributed by atoms with E-state index in [1.807, 2.05) is 0 Å². The normalized spacial score (nSPS) is 14.4. The Bertz CT molecular complexity index is 1870. The highest BCUT2D eigenvalue weighted by atomic mass is 31.2. The summed E-state index contributed by atoms with van der Waals surface area (Å²) in [5.74, 6) is 0.927. The number of carbonyl (C=O) groups excluding carboxylic acids is 4. The SMILES string of the molecule is CCC(C)CCCCCCCCCCCCC(=O)O[C@H](COC(=O)CCCCCCCCCCCCC(C)C)COP(=O)(O)OCC(O)COP(=O)(O)OC[C@@H](COC(=O)CCCCCCCCC(C)C)OC(=O)CCCCCCCCCCCCCCCCCCC(C)C. The van der Waals surface area contributed by atoms with Crippen LogP contribution in [0.1, 0.15) is 383 Å². The standard InChI is InChI=1S/C76H148O17P2/c1-9-69(8)55-47-39-30-24-19-21-27-33-43-51-59-76(81)92-71(62-86-73(78)56-48-40-31-25-20-18-23-29-37-45-53-67(4)5)64-90-94(82,83)88-60-70(77)61-89-95(84,85)91-65-72(63-87-74(79)57-49-41-35-34-38-46-54-68(6)7)93-75(80)58-50-42-32-26-17-15-13-11-10-12-14-16-22-28-36-44-52-66(2)3/h66-72,77H,9-65H2,1-8H3,(H,82,83)(H,84,85)/t69?,70?,71-,72-/m1/s1. The number of esters is 4. The zero-order valence-electron chi connectivity index (χ0n) is 62.3. The summed E-state index contributed by atoms with van der Waals surface area (Å²) in [6, 6.07) is 0. The van der Waals surface area contributed by atoms with Crippen LogP contribution in [0.15, 0.2) is 0 Å². The molecule has 17 nitrogen and oxygen atoms in total. The van der Waals surface area contributed by atoms with Gasteiger partial charge in [0.2, 0.25) is 0 Å². The molecule has 6 atom stereocenters. The molecule has 0 fully saturated rings. The summed E-state index contributed by atoms with van der Waals surface area (Å²) in [6.07, 6.45) is 50.0. The third-order valence-electron chi connectivity index (χ3n) is 17.9. The summed E-state index contributed by atoms with van der Waals surface area (Å²) >= 11 is 0. The number of aliphatic hydroxyl groups excluding tert-OH is 1. The van der Waals surface area contributed by atoms with Gasteiger partial charge in [-0.2, -0.15) is 0 Å². The maximum Gasteiger partial charge on any atom is 0.472 e. The van der Waals surface area contributed by atoms with Crippen molar-refractivity contribution in [3.63, 3.8) is 0 Å². The predicted molar refractivity (Wildman–Crippen MR) is 386 cm³/mol. The summed E-state index contributed by atoms with van der Waals surface area (Å²) in [4.78, 5) is 72.8. The van der Waals surface area contributed by atoms with Crippen molar-refractivity contribution in [3.8, 4) is 0 Å². The Balaban J connectivity index is 5.22. The van der Waals surface area contributed by atoms with E-state index < -0.39 is 97.5 Å².